The second-order valence-corrected chi connectivity index (χ2v) is 6.95. The van der Waals surface area contributed by atoms with Crippen LogP contribution < -0.4 is 4.74 Å². The molecule has 4 rings (SSSR count). The summed E-state index contributed by atoms with van der Waals surface area (Å²) in [6.07, 6.45) is -0.366. The van der Waals surface area contributed by atoms with Crippen LogP contribution in [0.2, 0.25) is 0 Å². The largest absolute Gasteiger partial charge is 0.490 e. The smallest absolute Gasteiger partial charge is 0.475 e. The van der Waals surface area contributed by atoms with Crippen molar-refractivity contribution < 1.29 is 37.3 Å². The fraction of sp³-hybridized carbons (Fsp3) is 0.474. The van der Waals surface area contributed by atoms with Gasteiger partial charge in [0.05, 0.1) is 6.04 Å². The van der Waals surface area contributed by atoms with Crippen LogP contribution in [0.3, 0.4) is 0 Å². The minimum Gasteiger partial charge on any atom is -0.475 e. The molecule has 0 radical (unpaired) electrons. The number of ether oxygens (including phenoxy) is 2. The lowest BCUT2D eigenvalue weighted by Gasteiger charge is -2.40. The lowest BCUT2D eigenvalue weighted by Crippen LogP contribution is -2.56. The highest BCUT2D eigenvalue weighted by atomic mass is 19.4. The number of alkyl halides is 3. The zero-order chi connectivity index (χ0) is 22.6. The fourth-order valence-corrected chi connectivity index (χ4v) is 3.57. The average Bonchev–Trinajstić information content (AvgIpc) is 3.38. The number of aliphatic carboxylic acids is 1. The number of likely N-dealkylation sites (tertiary alicyclic amines) is 1. The van der Waals surface area contributed by atoms with Crippen molar-refractivity contribution in [3.63, 3.8) is 0 Å². The van der Waals surface area contributed by atoms with Crippen LogP contribution in [0.1, 0.15) is 23.3 Å². The van der Waals surface area contributed by atoms with Crippen LogP contribution in [0.5, 0.6) is 5.88 Å². The van der Waals surface area contributed by atoms with E-state index in [4.69, 9.17) is 19.4 Å². The first-order chi connectivity index (χ1) is 14.7. The van der Waals surface area contributed by atoms with Crippen LogP contribution in [0.25, 0.3) is 0 Å². The van der Waals surface area contributed by atoms with Crippen LogP contribution in [-0.4, -0.2) is 74.2 Å². The van der Waals surface area contributed by atoms with E-state index in [-0.39, 0.29) is 24.2 Å². The van der Waals surface area contributed by atoms with Crippen LogP contribution >= 0.6 is 0 Å². The molecule has 3 atom stereocenters. The van der Waals surface area contributed by atoms with Crippen LogP contribution in [-0.2, 0) is 16.6 Å². The number of pyridine rings is 1. The standard InChI is InChI=1S/C17H20N4O3.C2HF3O2/c1-20-13(5-9-19-20)17(22)21-10-6-14(16-12(21)7-11-23-16)24-15-4-2-3-8-18-15;3-2(4,5)1(6)7/h2-5,8-9,12,14,16H,6-7,10-11H2,1H3;(H,6,7)/t12-,14+,16-;/m0./s1. The predicted molar refractivity (Wildman–Crippen MR) is 99.4 cm³/mol. The summed E-state index contributed by atoms with van der Waals surface area (Å²) in [6.45, 7) is 1.29. The molecule has 2 aliphatic rings. The highest BCUT2D eigenvalue weighted by Crippen LogP contribution is 2.31. The molecule has 0 saturated carbocycles. The number of rotatable bonds is 3. The van der Waals surface area contributed by atoms with Crippen molar-refractivity contribution in [2.24, 2.45) is 7.05 Å². The molecule has 0 spiro atoms. The summed E-state index contributed by atoms with van der Waals surface area (Å²) in [7, 11) is 1.78. The predicted octanol–water partition coefficient (Wildman–Crippen LogP) is 1.90. The molecule has 2 fully saturated rings. The highest BCUT2D eigenvalue weighted by Gasteiger charge is 2.46. The lowest BCUT2D eigenvalue weighted by molar-refractivity contribution is -0.192. The number of carbonyl (C=O) groups excluding carboxylic acids is 1. The van der Waals surface area contributed by atoms with Crippen molar-refractivity contribution in [2.75, 3.05) is 13.2 Å². The molecule has 2 aromatic rings. The summed E-state index contributed by atoms with van der Waals surface area (Å²) in [5.41, 5.74) is 0.602. The molecular formula is C19H21F3N4O5. The van der Waals surface area contributed by atoms with E-state index in [0.717, 1.165) is 12.8 Å². The van der Waals surface area contributed by atoms with Gasteiger partial charge in [-0.1, -0.05) is 6.07 Å². The van der Waals surface area contributed by atoms with Gasteiger partial charge in [-0.25, -0.2) is 9.78 Å². The van der Waals surface area contributed by atoms with Gasteiger partial charge in [0.15, 0.2) is 0 Å². The van der Waals surface area contributed by atoms with E-state index in [0.29, 0.717) is 24.7 Å². The molecule has 0 aromatic carbocycles. The topological polar surface area (TPSA) is 107 Å². The molecule has 4 heterocycles. The van der Waals surface area contributed by atoms with Crippen LogP contribution in [0.15, 0.2) is 36.7 Å². The molecule has 0 aliphatic carbocycles. The average molecular weight is 442 g/mol. The Hall–Kier alpha value is -3.15. The molecule has 9 nitrogen and oxygen atoms in total. The van der Waals surface area contributed by atoms with E-state index in [1.54, 1.807) is 30.2 Å². The lowest BCUT2D eigenvalue weighted by atomic mass is 9.95. The molecule has 12 heteroatoms. The number of fused-ring (bicyclic) bond motifs is 1. The highest BCUT2D eigenvalue weighted by molar-refractivity contribution is 5.92. The van der Waals surface area contributed by atoms with Gasteiger partial charge < -0.3 is 19.5 Å². The van der Waals surface area contributed by atoms with Gasteiger partial charge in [-0.3, -0.25) is 9.48 Å². The molecule has 31 heavy (non-hydrogen) atoms. The van der Waals surface area contributed by atoms with E-state index in [2.05, 4.69) is 10.1 Å². The number of amides is 1. The number of carboxylic acids is 1. The van der Waals surface area contributed by atoms with Crippen molar-refractivity contribution in [3.05, 3.63) is 42.4 Å². The molecule has 168 valence electrons. The van der Waals surface area contributed by atoms with Crippen LogP contribution in [0, 0.1) is 0 Å². The Balaban J connectivity index is 0.000000339. The first kappa shape index (κ1) is 22.5. The maximum absolute atomic E-state index is 12.8. The number of halogens is 3. The van der Waals surface area contributed by atoms with E-state index in [1.807, 2.05) is 23.1 Å². The van der Waals surface area contributed by atoms with Crippen molar-refractivity contribution in [2.45, 2.75) is 37.3 Å². The van der Waals surface area contributed by atoms with Crippen molar-refractivity contribution in [1.82, 2.24) is 19.7 Å². The van der Waals surface area contributed by atoms with E-state index < -0.39 is 12.1 Å². The molecule has 2 aromatic heterocycles. The van der Waals surface area contributed by atoms with Crippen molar-refractivity contribution in [1.29, 1.82) is 0 Å². The first-order valence-corrected chi connectivity index (χ1v) is 9.47. The second-order valence-electron chi connectivity index (χ2n) is 6.95. The molecule has 0 bridgehead atoms. The summed E-state index contributed by atoms with van der Waals surface area (Å²) < 4.78 is 45.3. The Labute approximate surface area is 175 Å². The fourth-order valence-electron chi connectivity index (χ4n) is 3.57. The molecule has 2 saturated heterocycles. The van der Waals surface area contributed by atoms with Gasteiger partial charge in [0.25, 0.3) is 5.91 Å². The van der Waals surface area contributed by atoms with Gasteiger partial charge in [-0.15, -0.1) is 0 Å². The van der Waals surface area contributed by atoms with Crippen molar-refractivity contribution in [3.8, 4) is 5.88 Å². The number of carbonyl (C=O) groups is 2. The van der Waals surface area contributed by atoms with Gasteiger partial charge in [-0.2, -0.15) is 18.3 Å². The Morgan fingerprint density at radius 2 is 1.97 bits per heavy atom. The summed E-state index contributed by atoms with van der Waals surface area (Å²) in [4.78, 5) is 27.9. The van der Waals surface area contributed by atoms with Gasteiger partial charge in [0.1, 0.15) is 17.9 Å². The maximum atomic E-state index is 12.8. The molecule has 1 N–H and O–H groups in total. The summed E-state index contributed by atoms with van der Waals surface area (Å²) in [5.74, 6) is -2.15. The number of hydrogen-bond acceptors (Lipinski definition) is 6. The minimum atomic E-state index is -5.08. The summed E-state index contributed by atoms with van der Waals surface area (Å²) in [6, 6.07) is 7.39. The molecule has 0 unspecified atom stereocenters. The Morgan fingerprint density at radius 3 is 2.55 bits per heavy atom. The van der Waals surface area contributed by atoms with Gasteiger partial charge in [0, 0.05) is 45.1 Å². The normalized spacial score (nSPS) is 22.8. The zero-order valence-electron chi connectivity index (χ0n) is 16.5. The third kappa shape index (κ3) is 5.32. The molecular weight excluding hydrogens is 421 g/mol. The van der Waals surface area contributed by atoms with E-state index >= 15 is 0 Å². The molecule has 1 amide bonds. The third-order valence-electron chi connectivity index (χ3n) is 4.98. The quantitative estimate of drug-likeness (QED) is 0.774. The number of aryl methyl sites for hydroxylation is 1. The van der Waals surface area contributed by atoms with Gasteiger partial charge in [0.2, 0.25) is 5.88 Å². The minimum absolute atomic E-state index is 0.00628. The SMILES string of the molecule is Cn1nccc1C(=O)N1CC[C@@H](Oc2ccccn2)[C@H]2OCC[C@@H]21.O=C(O)C(F)(F)F. The van der Waals surface area contributed by atoms with E-state index in [9.17, 15) is 18.0 Å². The third-order valence-corrected chi connectivity index (χ3v) is 4.98. The van der Waals surface area contributed by atoms with Gasteiger partial charge in [-0.05, 0) is 18.6 Å². The second kappa shape index (κ2) is 9.33. The number of hydrogen-bond donors (Lipinski definition) is 1. The number of piperidine rings is 1. The Morgan fingerprint density at radius 1 is 1.23 bits per heavy atom. The Bertz CT molecular complexity index is 905. The number of carboxylic acid groups (broad SMARTS) is 1. The maximum Gasteiger partial charge on any atom is 0.490 e. The Kier molecular flexibility index (Phi) is 6.78. The number of aromatic nitrogens is 3. The molecule has 2 aliphatic heterocycles. The first-order valence-electron chi connectivity index (χ1n) is 9.47. The zero-order valence-corrected chi connectivity index (χ0v) is 16.5. The monoisotopic (exact) mass is 442 g/mol. The van der Waals surface area contributed by atoms with E-state index in [1.165, 1.54) is 0 Å². The number of nitrogens with zero attached hydrogens (tertiary/aromatic N) is 4. The summed E-state index contributed by atoms with van der Waals surface area (Å²) >= 11 is 0. The van der Waals surface area contributed by atoms with Crippen molar-refractivity contribution >= 4 is 11.9 Å². The van der Waals surface area contributed by atoms with Crippen LogP contribution in [0.4, 0.5) is 13.2 Å². The van der Waals surface area contributed by atoms with Gasteiger partial charge >= 0.3 is 12.1 Å². The summed E-state index contributed by atoms with van der Waals surface area (Å²) in [5, 5.41) is 11.2.